The zero-order valence-corrected chi connectivity index (χ0v) is 18.6. The first kappa shape index (κ1) is 21.6. The van der Waals surface area contributed by atoms with Gasteiger partial charge < -0.3 is 19.1 Å². The van der Waals surface area contributed by atoms with E-state index in [1.54, 1.807) is 17.0 Å². The number of ether oxygens (including phenoxy) is 3. The van der Waals surface area contributed by atoms with Gasteiger partial charge in [-0.3, -0.25) is 14.9 Å². The predicted molar refractivity (Wildman–Crippen MR) is 120 cm³/mol. The van der Waals surface area contributed by atoms with Crippen molar-refractivity contribution >= 4 is 34.0 Å². The molecule has 9 nitrogen and oxygen atoms in total. The topological polar surface area (TPSA) is 103 Å². The summed E-state index contributed by atoms with van der Waals surface area (Å²) in [7, 11) is 4.46. The lowest BCUT2D eigenvalue weighted by Gasteiger charge is -2.15. The second-order valence-corrected chi connectivity index (χ2v) is 8.06. The normalized spacial score (nSPS) is 15.5. The van der Waals surface area contributed by atoms with Gasteiger partial charge in [-0.25, -0.2) is 0 Å². The first-order chi connectivity index (χ1) is 15.5. The van der Waals surface area contributed by atoms with E-state index in [1.165, 1.54) is 32.7 Å². The molecule has 1 aliphatic heterocycles. The van der Waals surface area contributed by atoms with E-state index in [-0.39, 0.29) is 17.7 Å². The molecule has 1 N–H and O–H groups in total. The van der Waals surface area contributed by atoms with E-state index in [2.05, 4.69) is 15.5 Å². The van der Waals surface area contributed by atoms with Gasteiger partial charge in [-0.1, -0.05) is 29.5 Å². The molecular formula is C22H22N4O5S. The Balaban J connectivity index is 1.48. The van der Waals surface area contributed by atoms with Crippen LogP contribution in [0.1, 0.15) is 27.7 Å². The van der Waals surface area contributed by atoms with Gasteiger partial charge in [-0.05, 0) is 24.3 Å². The quantitative estimate of drug-likeness (QED) is 0.584. The molecule has 2 amide bonds. The van der Waals surface area contributed by atoms with Crippen LogP contribution in [0.3, 0.4) is 0 Å². The number of hydrogen-bond acceptors (Lipinski definition) is 8. The highest BCUT2D eigenvalue weighted by atomic mass is 32.1. The van der Waals surface area contributed by atoms with Crippen molar-refractivity contribution in [1.29, 1.82) is 0 Å². The molecule has 10 heteroatoms. The Morgan fingerprint density at radius 1 is 1.06 bits per heavy atom. The number of carbonyl (C=O) groups is 2. The fourth-order valence-electron chi connectivity index (χ4n) is 3.56. The first-order valence-electron chi connectivity index (χ1n) is 9.84. The number of amides is 2. The molecule has 0 aliphatic carbocycles. The van der Waals surface area contributed by atoms with Crippen molar-refractivity contribution < 1.29 is 23.8 Å². The molecule has 4 rings (SSSR count). The standard InChI is InChI=1S/C22H22N4O5S/c1-29-16-9-13(10-17(30-2)19(16)31-3)20(28)23-22-25-24-21(32-22)14-11-18(27)26(12-14)15-7-5-4-6-8-15/h4-10,14H,11-12H2,1-3H3,(H,23,25,28)/t14-/m1/s1. The number of anilines is 2. The van der Waals surface area contributed by atoms with Crippen LogP contribution < -0.4 is 24.4 Å². The minimum atomic E-state index is -0.389. The minimum Gasteiger partial charge on any atom is -0.493 e. The Morgan fingerprint density at radius 3 is 2.38 bits per heavy atom. The lowest BCUT2D eigenvalue weighted by molar-refractivity contribution is -0.117. The number of methoxy groups -OCH3 is 3. The molecule has 2 heterocycles. The molecule has 0 bridgehead atoms. The van der Waals surface area contributed by atoms with Gasteiger partial charge >= 0.3 is 0 Å². The second kappa shape index (κ2) is 9.23. The van der Waals surface area contributed by atoms with Crippen LogP contribution in [0, 0.1) is 0 Å². The Morgan fingerprint density at radius 2 is 1.75 bits per heavy atom. The molecule has 0 saturated carbocycles. The SMILES string of the molecule is COc1cc(C(=O)Nc2nnc([C@@H]3CC(=O)N(c4ccccc4)C3)s2)cc(OC)c1OC. The summed E-state index contributed by atoms with van der Waals surface area (Å²) < 4.78 is 15.9. The van der Waals surface area contributed by atoms with Gasteiger partial charge in [0.25, 0.3) is 5.91 Å². The Labute approximate surface area is 188 Å². The van der Waals surface area contributed by atoms with Gasteiger partial charge in [0.15, 0.2) is 11.5 Å². The first-order valence-corrected chi connectivity index (χ1v) is 10.7. The van der Waals surface area contributed by atoms with Crippen LogP contribution >= 0.6 is 11.3 Å². The highest BCUT2D eigenvalue weighted by Crippen LogP contribution is 2.39. The van der Waals surface area contributed by atoms with Crippen molar-refractivity contribution in [2.24, 2.45) is 0 Å². The monoisotopic (exact) mass is 454 g/mol. The van der Waals surface area contributed by atoms with Crippen LogP contribution in [0.2, 0.25) is 0 Å². The molecule has 166 valence electrons. The van der Waals surface area contributed by atoms with Gasteiger partial charge in [-0.15, -0.1) is 10.2 Å². The summed E-state index contributed by atoms with van der Waals surface area (Å²) in [5.41, 5.74) is 1.18. The predicted octanol–water partition coefficient (Wildman–Crippen LogP) is 3.34. The Kier molecular flexibility index (Phi) is 6.22. The lowest BCUT2D eigenvalue weighted by atomic mass is 10.1. The van der Waals surface area contributed by atoms with Crippen LogP contribution in [-0.2, 0) is 4.79 Å². The van der Waals surface area contributed by atoms with Crippen LogP contribution in [0.4, 0.5) is 10.8 Å². The summed E-state index contributed by atoms with van der Waals surface area (Å²) in [6, 6.07) is 12.6. The average Bonchev–Trinajstić information content (AvgIpc) is 3.44. The highest BCUT2D eigenvalue weighted by molar-refractivity contribution is 7.15. The van der Waals surface area contributed by atoms with Gasteiger partial charge in [-0.2, -0.15) is 0 Å². The number of rotatable bonds is 7. The van der Waals surface area contributed by atoms with Crippen molar-refractivity contribution in [1.82, 2.24) is 10.2 Å². The zero-order chi connectivity index (χ0) is 22.7. The zero-order valence-electron chi connectivity index (χ0n) is 17.8. The van der Waals surface area contributed by atoms with Gasteiger partial charge in [0.05, 0.1) is 21.3 Å². The van der Waals surface area contributed by atoms with E-state index in [4.69, 9.17) is 14.2 Å². The lowest BCUT2D eigenvalue weighted by Crippen LogP contribution is -2.24. The van der Waals surface area contributed by atoms with E-state index >= 15 is 0 Å². The van der Waals surface area contributed by atoms with E-state index in [1.807, 2.05) is 30.3 Å². The Bertz CT molecular complexity index is 1110. The maximum Gasteiger partial charge on any atom is 0.257 e. The smallest absolute Gasteiger partial charge is 0.257 e. The summed E-state index contributed by atoms with van der Waals surface area (Å²) in [4.78, 5) is 27.0. The number of para-hydroxylation sites is 1. The fraction of sp³-hybridized carbons (Fsp3) is 0.273. The van der Waals surface area contributed by atoms with E-state index in [0.29, 0.717) is 45.9 Å². The maximum absolute atomic E-state index is 12.8. The summed E-state index contributed by atoms with van der Waals surface area (Å²) in [6.07, 6.45) is 0.352. The van der Waals surface area contributed by atoms with Crippen molar-refractivity contribution in [2.75, 3.05) is 38.1 Å². The third kappa shape index (κ3) is 4.22. The number of benzene rings is 2. The molecule has 1 aromatic heterocycles. The Hall–Kier alpha value is -3.66. The number of carbonyl (C=O) groups excluding carboxylic acids is 2. The van der Waals surface area contributed by atoms with Crippen molar-refractivity contribution in [3.63, 3.8) is 0 Å². The molecule has 0 spiro atoms. The second-order valence-electron chi connectivity index (χ2n) is 7.05. The van der Waals surface area contributed by atoms with Crippen LogP contribution in [0.15, 0.2) is 42.5 Å². The van der Waals surface area contributed by atoms with Crippen molar-refractivity contribution in [3.8, 4) is 17.2 Å². The summed E-state index contributed by atoms with van der Waals surface area (Å²) >= 11 is 1.26. The summed E-state index contributed by atoms with van der Waals surface area (Å²) in [5.74, 6) is 0.728. The number of hydrogen-bond donors (Lipinski definition) is 1. The molecule has 1 atom stereocenters. The molecule has 3 aromatic rings. The molecule has 0 unspecified atom stereocenters. The molecule has 2 aromatic carbocycles. The van der Waals surface area contributed by atoms with E-state index in [0.717, 1.165) is 5.69 Å². The van der Waals surface area contributed by atoms with Crippen LogP contribution in [0.25, 0.3) is 0 Å². The highest BCUT2D eigenvalue weighted by Gasteiger charge is 2.34. The fourth-order valence-corrected chi connectivity index (χ4v) is 4.39. The molecule has 0 radical (unpaired) electrons. The van der Waals surface area contributed by atoms with Gasteiger partial charge in [0.1, 0.15) is 5.01 Å². The number of aromatic nitrogens is 2. The maximum atomic E-state index is 12.8. The minimum absolute atomic E-state index is 0.0411. The number of nitrogens with zero attached hydrogens (tertiary/aromatic N) is 3. The molecule has 1 saturated heterocycles. The third-order valence-corrected chi connectivity index (χ3v) is 6.13. The average molecular weight is 455 g/mol. The van der Waals surface area contributed by atoms with Crippen LogP contribution in [-0.4, -0.2) is 49.9 Å². The molecule has 1 aliphatic rings. The van der Waals surface area contributed by atoms with Crippen LogP contribution in [0.5, 0.6) is 17.2 Å². The molecular weight excluding hydrogens is 432 g/mol. The summed E-state index contributed by atoms with van der Waals surface area (Å²) in [5, 5.41) is 12.1. The van der Waals surface area contributed by atoms with E-state index < -0.39 is 0 Å². The third-order valence-electron chi connectivity index (χ3n) is 5.13. The molecule has 32 heavy (non-hydrogen) atoms. The van der Waals surface area contributed by atoms with Crippen molar-refractivity contribution in [2.45, 2.75) is 12.3 Å². The van der Waals surface area contributed by atoms with E-state index in [9.17, 15) is 9.59 Å². The van der Waals surface area contributed by atoms with Crippen molar-refractivity contribution in [3.05, 3.63) is 53.0 Å². The largest absolute Gasteiger partial charge is 0.493 e. The van der Waals surface area contributed by atoms with Gasteiger partial charge in [0.2, 0.25) is 16.8 Å². The molecule has 1 fully saturated rings. The number of nitrogens with one attached hydrogen (secondary N) is 1. The van der Waals surface area contributed by atoms with Gasteiger partial charge in [0, 0.05) is 30.1 Å². The summed E-state index contributed by atoms with van der Waals surface area (Å²) in [6.45, 7) is 0.526.